The summed E-state index contributed by atoms with van der Waals surface area (Å²) in [7, 11) is 0. The van der Waals surface area contributed by atoms with Crippen molar-refractivity contribution in [2.45, 2.75) is 32.9 Å². The van der Waals surface area contributed by atoms with Crippen molar-refractivity contribution in [2.75, 3.05) is 19.7 Å². The number of carbonyl (C=O) groups is 3. The largest absolute Gasteiger partial charge is 0.494 e. The van der Waals surface area contributed by atoms with Crippen LogP contribution in [0.4, 0.5) is 4.79 Å². The summed E-state index contributed by atoms with van der Waals surface area (Å²) >= 11 is 0. The van der Waals surface area contributed by atoms with Crippen LogP contribution in [0.2, 0.25) is 0 Å². The molecular weight excluding hydrogens is 456 g/mol. The van der Waals surface area contributed by atoms with Crippen LogP contribution in [0.25, 0.3) is 11.3 Å². The molecule has 1 aromatic heterocycles. The summed E-state index contributed by atoms with van der Waals surface area (Å²) in [6.45, 7) is 6.92. The minimum Gasteiger partial charge on any atom is -0.494 e. The van der Waals surface area contributed by atoms with Gasteiger partial charge in [0.15, 0.2) is 5.54 Å². The van der Waals surface area contributed by atoms with Crippen molar-refractivity contribution in [2.24, 2.45) is 0 Å². The fourth-order valence-corrected chi connectivity index (χ4v) is 5.12. The highest BCUT2D eigenvalue weighted by Gasteiger charge is 2.55. The third-order valence-electron chi connectivity index (χ3n) is 6.88. The number of nitrogens with zero attached hydrogens (tertiary/aromatic N) is 3. The second-order valence-corrected chi connectivity index (χ2v) is 9.07. The van der Waals surface area contributed by atoms with Crippen LogP contribution < -0.4 is 10.1 Å². The van der Waals surface area contributed by atoms with Crippen LogP contribution in [0.1, 0.15) is 40.9 Å². The SMILES string of the molecule is CCOc1ccc2c(c1)C(=O)N(C[C@]1(c3ccc(-c4cc(C)ccn4)cc3)C(=O)NC(=O)N1CC)C2. The first-order chi connectivity index (χ1) is 17.4. The zero-order chi connectivity index (χ0) is 25.4. The maximum Gasteiger partial charge on any atom is 0.325 e. The quantitative estimate of drug-likeness (QED) is 0.514. The Bertz CT molecular complexity index is 1350. The maximum absolute atomic E-state index is 13.4. The van der Waals surface area contributed by atoms with Gasteiger partial charge in [-0.05, 0) is 61.7 Å². The molecule has 0 saturated carbocycles. The van der Waals surface area contributed by atoms with Crippen LogP contribution in [0.3, 0.4) is 0 Å². The summed E-state index contributed by atoms with van der Waals surface area (Å²) in [4.78, 5) is 47.2. The number of ether oxygens (including phenoxy) is 1. The summed E-state index contributed by atoms with van der Waals surface area (Å²) in [5.41, 5.74) is 3.55. The highest BCUT2D eigenvalue weighted by molar-refractivity contribution is 6.08. The number of urea groups is 1. The van der Waals surface area contributed by atoms with Crippen molar-refractivity contribution in [1.82, 2.24) is 20.1 Å². The summed E-state index contributed by atoms with van der Waals surface area (Å²) in [6.07, 6.45) is 1.76. The lowest BCUT2D eigenvalue weighted by Crippen LogP contribution is -2.54. The molecule has 1 fully saturated rings. The summed E-state index contributed by atoms with van der Waals surface area (Å²) in [5, 5.41) is 2.47. The van der Waals surface area contributed by atoms with Gasteiger partial charge in [0, 0.05) is 30.4 Å². The second kappa shape index (κ2) is 9.11. The van der Waals surface area contributed by atoms with Gasteiger partial charge in [-0.2, -0.15) is 0 Å². The molecule has 8 heteroatoms. The highest BCUT2D eigenvalue weighted by Crippen LogP contribution is 2.38. The van der Waals surface area contributed by atoms with Crippen LogP contribution in [0.5, 0.6) is 5.75 Å². The Labute approximate surface area is 209 Å². The van der Waals surface area contributed by atoms with Gasteiger partial charge < -0.3 is 14.5 Å². The molecule has 8 nitrogen and oxygen atoms in total. The van der Waals surface area contributed by atoms with E-state index in [0.717, 1.165) is 22.4 Å². The van der Waals surface area contributed by atoms with E-state index in [1.165, 1.54) is 4.90 Å². The smallest absolute Gasteiger partial charge is 0.325 e. The number of hydrogen-bond donors (Lipinski definition) is 1. The number of carbonyl (C=O) groups excluding carboxylic acids is 3. The van der Waals surface area contributed by atoms with Crippen molar-refractivity contribution in [3.8, 4) is 17.0 Å². The maximum atomic E-state index is 13.4. The monoisotopic (exact) mass is 484 g/mol. The second-order valence-electron chi connectivity index (χ2n) is 9.07. The Morgan fingerprint density at radius 1 is 1.03 bits per heavy atom. The van der Waals surface area contributed by atoms with Gasteiger partial charge in [-0.25, -0.2) is 4.79 Å². The van der Waals surface area contributed by atoms with E-state index in [0.29, 0.717) is 36.6 Å². The molecule has 184 valence electrons. The molecule has 2 aromatic carbocycles. The fourth-order valence-electron chi connectivity index (χ4n) is 5.12. The number of benzene rings is 2. The zero-order valence-corrected chi connectivity index (χ0v) is 20.6. The number of likely N-dealkylation sites (N-methyl/N-ethyl adjacent to an activating group) is 1. The highest BCUT2D eigenvalue weighted by atomic mass is 16.5. The number of amides is 4. The minimum atomic E-state index is -1.34. The van der Waals surface area contributed by atoms with Crippen LogP contribution >= 0.6 is 0 Å². The molecule has 36 heavy (non-hydrogen) atoms. The molecule has 1 saturated heterocycles. The van der Waals surface area contributed by atoms with Gasteiger partial charge in [0.2, 0.25) is 0 Å². The van der Waals surface area contributed by atoms with Crippen LogP contribution in [-0.4, -0.2) is 52.3 Å². The molecular formula is C28H28N4O4. The third-order valence-corrected chi connectivity index (χ3v) is 6.88. The topological polar surface area (TPSA) is 91.8 Å². The lowest BCUT2D eigenvalue weighted by atomic mass is 9.86. The standard InChI is InChI=1S/C28H28N4O4/c1-4-32-27(35)30-26(34)28(32,21-9-6-19(7-10-21)24-14-18(3)12-13-29-24)17-31-16-20-8-11-22(36-5-2)15-23(20)25(31)33/h6-15H,4-5,16-17H2,1-3H3,(H,30,34,35)/t28-/m0/s1. The number of fused-ring (bicyclic) bond motifs is 1. The van der Waals surface area contributed by atoms with E-state index in [1.54, 1.807) is 17.2 Å². The lowest BCUT2D eigenvalue weighted by Gasteiger charge is -2.38. The van der Waals surface area contributed by atoms with Gasteiger partial charge in [-0.15, -0.1) is 0 Å². The van der Waals surface area contributed by atoms with E-state index < -0.39 is 17.5 Å². The Morgan fingerprint density at radius 2 is 1.81 bits per heavy atom. The van der Waals surface area contributed by atoms with Crippen LogP contribution in [0, 0.1) is 6.92 Å². The number of pyridine rings is 1. The van der Waals surface area contributed by atoms with Gasteiger partial charge in [0.05, 0.1) is 18.8 Å². The average molecular weight is 485 g/mol. The number of hydrogen-bond acceptors (Lipinski definition) is 5. The molecule has 3 aromatic rings. The van der Waals surface area contributed by atoms with Crippen molar-refractivity contribution in [1.29, 1.82) is 0 Å². The predicted molar refractivity (Wildman–Crippen MR) is 134 cm³/mol. The minimum absolute atomic E-state index is 0.0396. The first kappa shape index (κ1) is 23.5. The van der Waals surface area contributed by atoms with Gasteiger partial charge in [-0.3, -0.25) is 19.9 Å². The van der Waals surface area contributed by atoms with Gasteiger partial charge in [0.25, 0.3) is 11.8 Å². The molecule has 2 aliphatic rings. The van der Waals surface area contributed by atoms with E-state index in [1.807, 2.05) is 69.3 Å². The normalized spacial score (nSPS) is 19.0. The Kier molecular flexibility index (Phi) is 5.96. The third kappa shape index (κ3) is 3.79. The number of rotatable bonds is 7. The molecule has 2 aliphatic heterocycles. The molecule has 1 atom stereocenters. The van der Waals surface area contributed by atoms with E-state index in [-0.39, 0.29) is 12.5 Å². The molecule has 5 rings (SSSR count). The molecule has 1 N–H and O–H groups in total. The van der Waals surface area contributed by atoms with Crippen LogP contribution in [-0.2, 0) is 16.9 Å². The van der Waals surface area contributed by atoms with Crippen molar-refractivity contribution in [3.63, 3.8) is 0 Å². The van der Waals surface area contributed by atoms with Gasteiger partial charge in [-0.1, -0.05) is 30.3 Å². The fraction of sp³-hybridized carbons (Fsp3) is 0.286. The van der Waals surface area contributed by atoms with Gasteiger partial charge in [0.1, 0.15) is 5.75 Å². The molecule has 0 radical (unpaired) electrons. The van der Waals surface area contributed by atoms with Gasteiger partial charge >= 0.3 is 6.03 Å². The number of aryl methyl sites for hydroxylation is 1. The first-order valence-electron chi connectivity index (χ1n) is 12.1. The summed E-state index contributed by atoms with van der Waals surface area (Å²) < 4.78 is 5.57. The van der Waals surface area contributed by atoms with E-state index in [4.69, 9.17) is 4.74 Å². The lowest BCUT2D eigenvalue weighted by molar-refractivity contribution is -0.127. The van der Waals surface area contributed by atoms with Crippen molar-refractivity contribution < 1.29 is 19.1 Å². The number of imide groups is 1. The van der Waals surface area contributed by atoms with Crippen molar-refractivity contribution in [3.05, 3.63) is 83.0 Å². The molecule has 4 amide bonds. The van der Waals surface area contributed by atoms with E-state index in [2.05, 4.69) is 10.3 Å². The molecule has 0 spiro atoms. The molecule has 0 bridgehead atoms. The molecule has 0 aliphatic carbocycles. The predicted octanol–water partition coefficient (Wildman–Crippen LogP) is 3.88. The van der Waals surface area contributed by atoms with E-state index in [9.17, 15) is 14.4 Å². The zero-order valence-electron chi connectivity index (χ0n) is 20.6. The summed E-state index contributed by atoms with van der Waals surface area (Å²) in [5.74, 6) is 0.00901. The number of nitrogens with one attached hydrogen (secondary N) is 1. The number of aromatic nitrogens is 1. The van der Waals surface area contributed by atoms with Crippen molar-refractivity contribution >= 4 is 17.8 Å². The molecule has 0 unspecified atom stereocenters. The average Bonchev–Trinajstić information content (AvgIpc) is 3.31. The Morgan fingerprint density at radius 3 is 2.50 bits per heavy atom. The molecule has 3 heterocycles. The van der Waals surface area contributed by atoms with Crippen LogP contribution in [0.15, 0.2) is 60.8 Å². The summed E-state index contributed by atoms with van der Waals surface area (Å²) in [6, 6.07) is 16.4. The van der Waals surface area contributed by atoms with E-state index >= 15 is 0 Å². The Hall–Kier alpha value is -4.20. The Balaban J connectivity index is 1.52. The first-order valence-corrected chi connectivity index (χ1v) is 12.1.